The summed E-state index contributed by atoms with van der Waals surface area (Å²) in [4.78, 5) is 28.7. The first-order valence-corrected chi connectivity index (χ1v) is 10.1. The summed E-state index contributed by atoms with van der Waals surface area (Å²) < 4.78 is 25.0. The van der Waals surface area contributed by atoms with E-state index in [1.807, 2.05) is 32.0 Å². The van der Waals surface area contributed by atoms with Crippen LogP contribution in [0.4, 0.5) is 5.69 Å². The highest BCUT2D eigenvalue weighted by atomic mass is 32.2. The van der Waals surface area contributed by atoms with Crippen molar-refractivity contribution < 1.29 is 22.8 Å². The average molecular weight is 420 g/mol. The van der Waals surface area contributed by atoms with Crippen molar-refractivity contribution in [2.24, 2.45) is 0 Å². The summed E-state index contributed by atoms with van der Waals surface area (Å²) in [6.45, 7) is 3.89. The number of hydroxylamine groups is 1. The van der Waals surface area contributed by atoms with Crippen LogP contribution in [-0.4, -0.2) is 45.4 Å². The fourth-order valence-corrected chi connectivity index (χ4v) is 3.43. The monoisotopic (exact) mass is 420 g/mol. The Labute approximate surface area is 170 Å². The molecular formula is C19H24N4O5S. The average Bonchev–Trinajstić information content (AvgIpc) is 2.70. The van der Waals surface area contributed by atoms with Crippen LogP contribution in [0.15, 0.2) is 47.4 Å². The minimum Gasteiger partial charge on any atom is -0.376 e. The van der Waals surface area contributed by atoms with Crippen LogP contribution in [0, 0.1) is 13.8 Å². The summed E-state index contributed by atoms with van der Waals surface area (Å²) >= 11 is 0. The fourth-order valence-electron chi connectivity index (χ4n) is 2.46. The minimum atomic E-state index is -3.80. The van der Waals surface area contributed by atoms with Crippen molar-refractivity contribution >= 4 is 27.5 Å². The van der Waals surface area contributed by atoms with Gasteiger partial charge in [0.1, 0.15) is 0 Å². The third-order valence-corrected chi connectivity index (χ3v) is 5.84. The van der Waals surface area contributed by atoms with Gasteiger partial charge in [0.2, 0.25) is 0 Å². The largest absolute Gasteiger partial charge is 0.376 e. The van der Waals surface area contributed by atoms with E-state index in [-0.39, 0.29) is 17.0 Å². The van der Waals surface area contributed by atoms with Crippen molar-refractivity contribution in [2.75, 3.05) is 26.0 Å². The van der Waals surface area contributed by atoms with Gasteiger partial charge in [-0.05, 0) is 49.7 Å². The molecule has 0 heterocycles. The van der Waals surface area contributed by atoms with Gasteiger partial charge in [-0.1, -0.05) is 22.2 Å². The van der Waals surface area contributed by atoms with Gasteiger partial charge in [-0.25, -0.2) is 8.42 Å². The first-order chi connectivity index (χ1) is 13.6. The van der Waals surface area contributed by atoms with Crippen LogP contribution in [0.1, 0.15) is 21.5 Å². The molecule has 0 spiro atoms. The molecule has 10 heteroatoms. The zero-order valence-corrected chi connectivity index (χ0v) is 17.5. The molecule has 2 rings (SSSR count). The van der Waals surface area contributed by atoms with Crippen molar-refractivity contribution in [3.63, 3.8) is 0 Å². The molecule has 3 N–H and O–H groups in total. The number of aryl methyl sites for hydroxylation is 2. The first kappa shape index (κ1) is 22.3. The summed E-state index contributed by atoms with van der Waals surface area (Å²) in [6, 6.07) is 11.1. The smallest absolute Gasteiger partial charge is 0.269 e. The number of amides is 2. The van der Waals surface area contributed by atoms with Crippen molar-refractivity contribution in [3.8, 4) is 0 Å². The van der Waals surface area contributed by atoms with Gasteiger partial charge in [-0.3, -0.25) is 25.3 Å². The van der Waals surface area contributed by atoms with Crippen molar-refractivity contribution in [3.05, 3.63) is 59.2 Å². The predicted molar refractivity (Wildman–Crippen MR) is 108 cm³/mol. The molecule has 0 aliphatic heterocycles. The highest BCUT2D eigenvalue weighted by Gasteiger charge is 2.21. The summed E-state index contributed by atoms with van der Waals surface area (Å²) in [5.74, 6) is -1.01. The Morgan fingerprint density at radius 2 is 1.69 bits per heavy atom. The lowest BCUT2D eigenvalue weighted by molar-refractivity contribution is -0.120. The maximum Gasteiger partial charge on any atom is 0.269 e. The van der Waals surface area contributed by atoms with E-state index in [0.717, 1.165) is 16.8 Å². The highest BCUT2D eigenvalue weighted by Crippen LogP contribution is 2.16. The Morgan fingerprint density at radius 1 is 1.03 bits per heavy atom. The van der Waals surface area contributed by atoms with Gasteiger partial charge in [0.05, 0.1) is 18.6 Å². The molecule has 2 amide bonds. The van der Waals surface area contributed by atoms with Gasteiger partial charge in [0.25, 0.3) is 21.8 Å². The second-order valence-electron chi connectivity index (χ2n) is 6.30. The standard InChI is InChI=1S/C19H24N4O5S/c1-13-5-10-17(14(2)11-13)20-12-18(24)21-22-19(25)15-6-8-16(9-7-15)29(26,27)23(3)28-4/h5-11,20H,12H2,1-4H3,(H,21,24)(H,22,25). The lowest BCUT2D eigenvalue weighted by Gasteiger charge is -2.14. The summed E-state index contributed by atoms with van der Waals surface area (Å²) in [5.41, 5.74) is 7.74. The van der Waals surface area contributed by atoms with Crippen LogP contribution < -0.4 is 16.2 Å². The number of carbonyl (C=O) groups excluding carboxylic acids is 2. The third-order valence-electron chi connectivity index (χ3n) is 4.15. The molecule has 0 radical (unpaired) electrons. The molecule has 9 nitrogen and oxygen atoms in total. The van der Waals surface area contributed by atoms with E-state index in [0.29, 0.717) is 4.47 Å². The Kier molecular flexibility index (Phi) is 7.32. The van der Waals surface area contributed by atoms with Crippen molar-refractivity contribution in [1.29, 1.82) is 0 Å². The first-order valence-electron chi connectivity index (χ1n) is 8.68. The number of rotatable bonds is 7. The van der Waals surface area contributed by atoms with Crippen LogP contribution in [0.3, 0.4) is 0 Å². The molecule has 2 aromatic rings. The quantitative estimate of drug-likeness (QED) is 0.583. The van der Waals surface area contributed by atoms with Crippen molar-refractivity contribution in [2.45, 2.75) is 18.7 Å². The molecule has 0 saturated carbocycles. The van der Waals surface area contributed by atoms with Crippen LogP contribution in [0.25, 0.3) is 0 Å². The second kappa shape index (κ2) is 9.50. The molecule has 0 aromatic heterocycles. The van der Waals surface area contributed by atoms with Crippen LogP contribution in [0.2, 0.25) is 0 Å². The normalized spacial score (nSPS) is 11.2. The Balaban J connectivity index is 1.89. The fraction of sp³-hybridized carbons (Fsp3) is 0.263. The predicted octanol–water partition coefficient (Wildman–Crippen LogP) is 1.36. The number of benzene rings is 2. The Morgan fingerprint density at radius 3 is 2.28 bits per heavy atom. The molecule has 0 atom stereocenters. The molecule has 0 bridgehead atoms. The van der Waals surface area contributed by atoms with E-state index in [2.05, 4.69) is 16.2 Å². The van der Waals surface area contributed by atoms with E-state index >= 15 is 0 Å². The molecule has 2 aromatic carbocycles. The van der Waals surface area contributed by atoms with Crippen LogP contribution >= 0.6 is 0 Å². The molecule has 156 valence electrons. The SMILES string of the molecule is CON(C)S(=O)(=O)c1ccc(C(=O)NNC(=O)CNc2ccc(C)cc2C)cc1. The number of anilines is 1. The molecular weight excluding hydrogens is 396 g/mol. The van der Waals surface area contributed by atoms with Gasteiger partial charge in [0, 0.05) is 18.3 Å². The van der Waals surface area contributed by atoms with Crippen LogP contribution in [-0.2, 0) is 19.7 Å². The van der Waals surface area contributed by atoms with E-state index < -0.39 is 21.8 Å². The minimum absolute atomic E-state index is 0.0231. The van der Waals surface area contributed by atoms with Gasteiger partial charge in [-0.15, -0.1) is 0 Å². The highest BCUT2D eigenvalue weighted by molar-refractivity contribution is 7.89. The maximum absolute atomic E-state index is 12.1. The number of hydrogen-bond acceptors (Lipinski definition) is 6. The van der Waals surface area contributed by atoms with Crippen LogP contribution in [0.5, 0.6) is 0 Å². The summed E-state index contributed by atoms with van der Waals surface area (Å²) in [6.07, 6.45) is 0. The molecule has 0 aliphatic carbocycles. The lowest BCUT2D eigenvalue weighted by Crippen LogP contribution is -2.44. The molecule has 0 aliphatic rings. The van der Waals surface area contributed by atoms with Gasteiger partial charge in [0.15, 0.2) is 0 Å². The van der Waals surface area contributed by atoms with E-state index in [4.69, 9.17) is 4.84 Å². The summed E-state index contributed by atoms with van der Waals surface area (Å²) in [5, 5.41) is 3.00. The number of hydrazine groups is 1. The van der Waals surface area contributed by atoms with Crippen molar-refractivity contribution in [1.82, 2.24) is 15.3 Å². The summed E-state index contributed by atoms with van der Waals surface area (Å²) in [7, 11) is -1.30. The van der Waals surface area contributed by atoms with Gasteiger partial charge >= 0.3 is 0 Å². The second-order valence-corrected chi connectivity index (χ2v) is 8.23. The zero-order valence-electron chi connectivity index (χ0n) is 16.6. The molecule has 0 saturated heterocycles. The number of nitrogens with zero attached hydrogens (tertiary/aromatic N) is 1. The Hall–Kier alpha value is -2.95. The van der Waals surface area contributed by atoms with E-state index in [9.17, 15) is 18.0 Å². The third kappa shape index (κ3) is 5.76. The number of hydrogen-bond donors (Lipinski definition) is 3. The Bertz CT molecular complexity index is 990. The molecule has 0 fully saturated rings. The number of nitrogens with one attached hydrogen (secondary N) is 3. The van der Waals surface area contributed by atoms with Gasteiger partial charge < -0.3 is 5.32 Å². The van der Waals surface area contributed by atoms with E-state index in [1.54, 1.807) is 0 Å². The van der Waals surface area contributed by atoms with Gasteiger partial charge in [-0.2, -0.15) is 0 Å². The number of sulfonamides is 1. The maximum atomic E-state index is 12.1. The number of carbonyl (C=O) groups is 2. The zero-order chi connectivity index (χ0) is 21.6. The topological polar surface area (TPSA) is 117 Å². The van der Waals surface area contributed by atoms with E-state index in [1.165, 1.54) is 38.4 Å². The lowest BCUT2D eigenvalue weighted by atomic mass is 10.1. The molecule has 0 unspecified atom stereocenters. The molecule has 29 heavy (non-hydrogen) atoms.